The Labute approximate surface area is 115 Å². The Bertz CT molecular complexity index is 536. The largest absolute Gasteiger partial charge is 0.330 e. The molecule has 0 saturated heterocycles. The van der Waals surface area contributed by atoms with Crippen molar-refractivity contribution >= 4 is 17.3 Å². The Kier molecular flexibility index (Phi) is 4.29. The first kappa shape index (κ1) is 14.4. The van der Waals surface area contributed by atoms with E-state index in [4.69, 9.17) is 5.73 Å². The Balaban J connectivity index is 2.12. The quantitative estimate of drug-likeness (QED) is 0.651. The number of nitro benzene ring substituents is 1. The predicted octanol–water partition coefficient (Wildman–Crippen LogP) is 2.05. The number of benzene rings is 1. The molecule has 1 fully saturated rings. The smallest absolute Gasteiger partial charge is 0.306 e. The van der Waals surface area contributed by atoms with Crippen LogP contribution in [0, 0.1) is 27.8 Å². The zero-order valence-electron chi connectivity index (χ0n) is 10.8. The third-order valence-electron chi connectivity index (χ3n) is 3.71. The third kappa shape index (κ3) is 2.93. The highest BCUT2D eigenvalue weighted by atomic mass is 19.1. The van der Waals surface area contributed by atoms with Gasteiger partial charge in [-0.1, -0.05) is 6.42 Å². The second-order valence-electron chi connectivity index (χ2n) is 4.95. The highest BCUT2D eigenvalue weighted by Gasteiger charge is 2.32. The van der Waals surface area contributed by atoms with Gasteiger partial charge in [-0.2, -0.15) is 4.39 Å². The van der Waals surface area contributed by atoms with Gasteiger partial charge in [-0.15, -0.1) is 0 Å². The van der Waals surface area contributed by atoms with Crippen LogP contribution >= 0.6 is 0 Å². The molecule has 1 aliphatic rings. The Morgan fingerprint density at radius 1 is 1.50 bits per heavy atom. The summed E-state index contributed by atoms with van der Waals surface area (Å²) in [6.07, 6.45) is 2.62. The summed E-state index contributed by atoms with van der Waals surface area (Å²) in [5, 5.41) is 13.3. The highest BCUT2D eigenvalue weighted by Crippen LogP contribution is 2.32. The van der Waals surface area contributed by atoms with Crippen molar-refractivity contribution in [2.45, 2.75) is 19.3 Å². The molecule has 108 valence electrons. The van der Waals surface area contributed by atoms with E-state index in [2.05, 4.69) is 5.32 Å². The first-order chi connectivity index (χ1) is 9.52. The number of carbonyl (C=O) groups is 1. The van der Waals surface area contributed by atoms with Crippen molar-refractivity contribution in [1.29, 1.82) is 0 Å². The van der Waals surface area contributed by atoms with E-state index in [9.17, 15) is 19.3 Å². The summed E-state index contributed by atoms with van der Waals surface area (Å²) >= 11 is 0. The number of carbonyl (C=O) groups excluding carboxylic acids is 1. The minimum absolute atomic E-state index is 0.144. The molecule has 0 radical (unpaired) electrons. The highest BCUT2D eigenvalue weighted by molar-refractivity contribution is 5.93. The van der Waals surface area contributed by atoms with Crippen LogP contribution in [0.2, 0.25) is 0 Å². The number of nitrogens with two attached hydrogens (primary N) is 1. The van der Waals surface area contributed by atoms with Crippen LogP contribution in [-0.2, 0) is 4.79 Å². The van der Waals surface area contributed by atoms with Gasteiger partial charge in [-0.25, -0.2) is 0 Å². The van der Waals surface area contributed by atoms with Gasteiger partial charge in [0.1, 0.15) is 0 Å². The minimum Gasteiger partial charge on any atom is -0.330 e. The molecule has 0 aliphatic heterocycles. The summed E-state index contributed by atoms with van der Waals surface area (Å²) in [4.78, 5) is 22.0. The maximum absolute atomic E-state index is 13.2. The lowest BCUT2D eigenvalue weighted by atomic mass is 9.95. The van der Waals surface area contributed by atoms with Crippen LogP contribution in [0.5, 0.6) is 0 Å². The molecule has 1 aromatic rings. The van der Waals surface area contributed by atoms with E-state index in [0.29, 0.717) is 6.54 Å². The number of hydrogen-bond donors (Lipinski definition) is 2. The van der Waals surface area contributed by atoms with E-state index in [1.165, 1.54) is 6.07 Å². The van der Waals surface area contributed by atoms with Crippen molar-refractivity contribution < 1.29 is 14.1 Å². The van der Waals surface area contributed by atoms with Crippen molar-refractivity contribution in [2.75, 3.05) is 11.9 Å². The maximum atomic E-state index is 13.2. The number of nitrogens with zero attached hydrogens (tertiary/aromatic N) is 1. The van der Waals surface area contributed by atoms with Crippen molar-refractivity contribution in [3.05, 3.63) is 34.1 Å². The van der Waals surface area contributed by atoms with Crippen LogP contribution in [0.4, 0.5) is 15.8 Å². The summed E-state index contributed by atoms with van der Waals surface area (Å²) in [6, 6.07) is 3.31. The molecule has 1 saturated carbocycles. The van der Waals surface area contributed by atoms with Gasteiger partial charge < -0.3 is 11.1 Å². The first-order valence-electron chi connectivity index (χ1n) is 6.47. The SMILES string of the molecule is NCC1CCCC1C(=O)Nc1ccc(F)c([N+](=O)[O-])c1. The number of anilines is 1. The third-order valence-corrected chi connectivity index (χ3v) is 3.71. The molecule has 2 atom stereocenters. The standard InChI is InChI=1S/C13H16FN3O3/c14-11-5-4-9(6-12(11)17(19)20)16-13(18)10-3-1-2-8(10)7-15/h4-6,8,10H,1-3,7,15H2,(H,16,18). The summed E-state index contributed by atoms with van der Waals surface area (Å²) in [6.45, 7) is 0.446. The van der Waals surface area contributed by atoms with Crippen molar-refractivity contribution in [1.82, 2.24) is 0 Å². The molecule has 3 N–H and O–H groups in total. The fraction of sp³-hybridized carbons (Fsp3) is 0.462. The fourth-order valence-electron chi connectivity index (χ4n) is 2.63. The molecule has 6 nitrogen and oxygen atoms in total. The zero-order chi connectivity index (χ0) is 14.7. The van der Waals surface area contributed by atoms with Crippen LogP contribution in [0.25, 0.3) is 0 Å². The van der Waals surface area contributed by atoms with Gasteiger partial charge in [0.15, 0.2) is 0 Å². The molecule has 0 spiro atoms. The van der Waals surface area contributed by atoms with E-state index in [1.54, 1.807) is 0 Å². The molecular weight excluding hydrogens is 265 g/mol. The Hall–Kier alpha value is -2.02. The zero-order valence-corrected chi connectivity index (χ0v) is 10.8. The fourth-order valence-corrected chi connectivity index (χ4v) is 2.63. The minimum atomic E-state index is -0.922. The molecule has 1 aliphatic carbocycles. The number of rotatable bonds is 4. The van der Waals surface area contributed by atoms with Crippen LogP contribution in [0.15, 0.2) is 18.2 Å². The van der Waals surface area contributed by atoms with Crippen molar-refractivity contribution in [3.8, 4) is 0 Å². The molecule has 0 aromatic heterocycles. The number of halogens is 1. The molecule has 0 bridgehead atoms. The van der Waals surface area contributed by atoms with Crippen molar-refractivity contribution in [3.63, 3.8) is 0 Å². The average molecular weight is 281 g/mol. The molecule has 1 amide bonds. The van der Waals surface area contributed by atoms with Gasteiger partial charge in [-0.3, -0.25) is 14.9 Å². The second-order valence-corrected chi connectivity index (χ2v) is 4.95. The number of amides is 1. The molecule has 7 heteroatoms. The molecular formula is C13H16FN3O3. The molecule has 2 unspecified atom stereocenters. The Morgan fingerprint density at radius 3 is 2.90 bits per heavy atom. The van der Waals surface area contributed by atoms with Crippen LogP contribution in [-0.4, -0.2) is 17.4 Å². The topological polar surface area (TPSA) is 98.3 Å². The average Bonchev–Trinajstić information content (AvgIpc) is 2.89. The summed E-state index contributed by atoms with van der Waals surface area (Å²) < 4.78 is 13.2. The lowest BCUT2D eigenvalue weighted by Gasteiger charge is -2.17. The van der Waals surface area contributed by atoms with Crippen LogP contribution in [0.1, 0.15) is 19.3 Å². The summed E-state index contributed by atoms with van der Waals surface area (Å²) in [5.41, 5.74) is 5.20. The van der Waals surface area contributed by atoms with Crippen molar-refractivity contribution in [2.24, 2.45) is 17.6 Å². The monoisotopic (exact) mass is 281 g/mol. The van der Waals surface area contributed by atoms with Gasteiger partial charge in [-0.05, 0) is 37.4 Å². The maximum Gasteiger partial charge on any atom is 0.306 e. The molecule has 2 rings (SSSR count). The summed E-state index contributed by atoms with van der Waals surface area (Å²) in [7, 11) is 0. The van der Waals surface area contributed by atoms with Gasteiger partial charge in [0.25, 0.3) is 0 Å². The predicted molar refractivity (Wildman–Crippen MR) is 71.6 cm³/mol. The van der Waals surface area contributed by atoms with Crippen LogP contribution < -0.4 is 11.1 Å². The van der Waals surface area contributed by atoms with Gasteiger partial charge in [0.05, 0.1) is 4.92 Å². The van der Waals surface area contributed by atoms with Crippen LogP contribution in [0.3, 0.4) is 0 Å². The number of hydrogen-bond acceptors (Lipinski definition) is 4. The van der Waals surface area contributed by atoms with E-state index >= 15 is 0 Å². The first-order valence-corrected chi connectivity index (χ1v) is 6.47. The normalized spacial score (nSPS) is 21.7. The lowest BCUT2D eigenvalue weighted by Crippen LogP contribution is -2.29. The molecule has 1 aromatic carbocycles. The number of nitro groups is 1. The molecule has 20 heavy (non-hydrogen) atoms. The van der Waals surface area contributed by atoms with E-state index in [0.717, 1.165) is 31.4 Å². The Morgan fingerprint density at radius 2 is 2.25 bits per heavy atom. The number of nitrogens with one attached hydrogen (secondary N) is 1. The molecule has 0 heterocycles. The van der Waals surface area contributed by atoms with E-state index < -0.39 is 16.4 Å². The van der Waals surface area contributed by atoms with E-state index in [-0.39, 0.29) is 23.4 Å². The second kappa shape index (κ2) is 5.96. The summed E-state index contributed by atoms with van der Waals surface area (Å²) in [5.74, 6) is -1.16. The van der Waals surface area contributed by atoms with Gasteiger partial charge >= 0.3 is 5.69 Å². The van der Waals surface area contributed by atoms with E-state index in [1.807, 2.05) is 0 Å². The van der Waals surface area contributed by atoms with Gasteiger partial charge in [0.2, 0.25) is 11.7 Å². The van der Waals surface area contributed by atoms with Gasteiger partial charge in [0, 0.05) is 17.7 Å². The lowest BCUT2D eigenvalue weighted by molar-refractivity contribution is -0.387.